The number of hydrogen-bond donors (Lipinski definition) is 2. The van der Waals surface area contributed by atoms with E-state index in [4.69, 9.17) is 4.74 Å². The molecule has 3 aromatic rings. The molecule has 5 heteroatoms. The second-order valence-corrected chi connectivity index (χ2v) is 6.32. The summed E-state index contributed by atoms with van der Waals surface area (Å²) in [6.45, 7) is 4.49. The minimum absolute atomic E-state index is 0.131. The molecule has 138 valence electrons. The first-order valence-electron chi connectivity index (χ1n) is 8.88. The quantitative estimate of drug-likeness (QED) is 0.631. The van der Waals surface area contributed by atoms with Crippen LogP contribution in [0, 0.1) is 13.8 Å². The van der Waals surface area contributed by atoms with E-state index < -0.39 is 0 Å². The van der Waals surface area contributed by atoms with Gasteiger partial charge in [0.2, 0.25) is 5.91 Å². The molecule has 0 bridgehead atoms. The van der Waals surface area contributed by atoms with Gasteiger partial charge in [0.05, 0.1) is 24.9 Å². The molecule has 0 aliphatic rings. The topological polar surface area (TPSA) is 63.2 Å². The highest BCUT2D eigenvalue weighted by Gasteiger charge is 2.05. The van der Waals surface area contributed by atoms with Gasteiger partial charge in [0.25, 0.3) is 0 Å². The number of para-hydroxylation sites is 1. The van der Waals surface area contributed by atoms with Crippen LogP contribution in [0.2, 0.25) is 0 Å². The van der Waals surface area contributed by atoms with Crippen LogP contribution in [0.1, 0.15) is 17.5 Å². The molecule has 1 aromatic heterocycles. The third-order valence-electron chi connectivity index (χ3n) is 4.17. The van der Waals surface area contributed by atoms with Gasteiger partial charge in [-0.25, -0.2) is 4.98 Å². The number of aryl methyl sites for hydroxylation is 2. The molecule has 1 heterocycles. The summed E-state index contributed by atoms with van der Waals surface area (Å²) in [5.41, 5.74) is 4.36. The molecule has 1 amide bonds. The number of carbonyl (C=O) groups is 1. The zero-order chi connectivity index (χ0) is 19.1. The third kappa shape index (κ3) is 5.57. The first-order chi connectivity index (χ1) is 13.1. The number of hydrogen-bond acceptors (Lipinski definition) is 4. The van der Waals surface area contributed by atoms with E-state index in [9.17, 15) is 4.79 Å². The predicted molar refractivity (Wildman–Crippen MR) is 109 cm³/mol. The van der Waals surface area contributed by atoms with Gasteiger partial charge in [0, 0.05) is 5.69 Å². The Morgan fingerprint density at radius 3 is 2.44 bits per heavy atom. The molecule has 0 fully saturated rings. The van der Waals surface area contributed by atoms with E-state index in [2.05, 4.69) is 41.6 Å². The van der Waals surface area contributed by atoms with Crippen LogP contribution in [-0.4, -0.2) is 17.5 Å². The lowest BCUT2D eigenvalue weighted by atomic mass is 10.1. The van der Waals surface area contributed by atoms with E-state index in [1.54, 1.807) is 12.3 Å². The van der Waals surface area contributed by atoms with Gasteiger partial charge < -0.3 is 15.4 Å². The van der Waals surface area contributed by atoms with Gasteiger partial charge >= 0.3 is 0 Å². The molecule has 27 heavy (non-hydrogen) atoms. The molecule has 5 nitrogen and oxygen atoms in total. The van der Waals surface area contributed by atoms with Crippen LogP contribution in [0.4, 0.5) is 17.2 Å². The molecule has 0 radical (unpaired) electrons. The van der Waals surface area contributed by atoms with Crippen molar-refractivity contribution in [2.75, 3.05) is 17.2 Å². The predicted octanol–water partition coefficient (Wildman–Crippen LogP) is 4.85. The zero-order valence-corrected chi connectivity index (χ0v) is 15.5. The fraction of sp³-hybridized carbons (Fsp3) is 0.182. The number of carbonyl (C=O) groups excluding carboxylic acids is 1. The van der Waals surface area contributed by atoms with Crippen LogP contribution in [0.5, 0.6) is 5.75 Å². The van der Waals surface area contributed by atoms with Crippen molar-refractivity contribution in [3.63, 3.8) is 0 Å². The normalized spacial score (nSPS) is 10.3. The van der Waals surface area contributed by atoms with Crippen molar-refractivity contribution < 1.29 is 9.53 Å². The maximum Gasteiger partial charge on any atom is 0.228 e. The first kappa shape index (κ1) is 18.5. The summed E-state index contributed by atoms with van der Waals surface area (Å²) < 4.78 is 5.53. The maximum atomic E-state index is 12.0. The molecule has 0 aliphatic carbocycles. The number of rotatable bonds is 7. The second kappa shape index (κ2) is 8.85. The van der Waals surface area contributed by atoms with Crippen molar-refractivity contribution in [1.82, 2.24) is 4.98 Å². The standard InChI is InChI=1S/C22H23N3O2/c1-16-8-9-18(14-17(16)2)24-19-10-11-21(23-15-19)25-22(26)12-13-27-20-6-4-3-5-7-20/h3-11,14-15,24H,12-13H2,1-2H3,(H,23,25,26). The summed E-state index contributed by atoms with van der Waals surface area (Å²) in [6, 6.07) is 19.3. The van der Waals surface area contributed by atoms with E-state index in [0.29, 0.717) is 12.4 Å². The average molecular weight is 361 g/mol. The molecule has 3 rings (SSSR count). The Balaban J connectivity index is 1.48. The number of anilines is 3. The monoisotopic (exact) mass is 361 g/mol. The SMILES string of the molecule is Cc1ccc(Nc2ccc(NC(=O)CCOc3ccccc3)nc2)cc1C. The molecule has 0 aliphatic heterocycles. The van der Waals surface area contributed by atoms with Crippen LogP contribution in [-0.2, 0) is 4.79 Å². The van der Waals surface area contributed by atoms with Crippen LogP contribution in [0.25, 0.3) is 0 Å². The summed E-state index contributed by atoms with van der Waals surface area (Å²) >= 11 is 0. The Morgan fingerprint density at radius 2 is 1.74 bits per heavy atom. The fourth-order valence-corrected chi connectivity index (χ4v) is 2.51. The average Bonchev–Trinajstić information content (AvgIpc) is 2.67. The minimum atomic E-state index is -0.131. The van der Waals surface area contributed by atoms with Crippen LogP contribution < -0.4 is 15.4 Å². The summed E-state index contributed by atoms with van der Waals surface area (Å²) in [5, 5.41) is 6.09. The van der Waals surface area contributed by atoms with Crippen LogP contribution in [0.15, 0.2) is 66.9 Å². The number of ether oxygens (including phenoxy) is 1. The zero-order valence-electron chi connectivity index (χ0n) is 15.5. The Kier molecular flexibility index (Phi) is 6.05. The van der Waals surface area contributed by atoms with Gasteiger partial charge in [-0.1, -0.05) is 24.3 Å². The molecule has 2 aromatic carbocycles. The third-order valence-corrected chi connectivity index (χ3v) is 4.17. The van der Waals surface area contributed by atoms with E-state index in [1.807, 2.05) is 42.5 Å². The minimum Gasteiger partial charge on any atom is -0.493 e. The first-order valence-corrected chi connectivity index (χ1v) is 8.88. The van der Waals surface area contributed by atoms with E-state index in [-0.39, 0.29) is 12.3 Å². The van der Waals surface area contributed by atoms with E-state index in [1.165, 1.54) is 11.1 Å². The van der Waals surface area contributed by atoms with Crippen LogP contribution >= 0.6 is 0 Å². The molecule has 0 unspecified atom stereocenters. The van der Waals surface area contributed by atoms with Gasteiger partial charge in [-0.3, -0.25) is 4.79 Å². The molecule has 0 saturated carbocycles. The Morgan fingerprint density at radius 1 is 0.963 bits per heavy atom. The molecule has 0 spiro atoms. The summed E-state index contributed by atoms with van der Waals surface area (Å²) in [5.74, 6) is 1.14. The van der Waals surface area contributed by atoms with Gasteiger partial charge in [0.15, 0.2) is 0 Å². The van der Waals surface area contributed by atoms with Crippen molar-refractivity contribution in [1.29, 1.82) is 0 Å². The second-order valence-electron chi connectivity index (χ2n) is 6.32. The number of benzene rings is 2. The lowest BCUT2D eigenvalue weighted by Crippen LogP contribution is -2.15. The Hall–Kier alpha value is -3.34. The number of amides is 1. The Bertz CT molecular complexity index is 893. The smallest absolute Gasteiger partial charge is 0.228 e. The molecule has 2 N–H and O–H groups in total. The van der Waals surface area contributed by atoms with Gasteiger partial charge in [-0.2, -0.15) is 0 Å². The van der Waals surface area contributed by atoms with Crippen LogP contribution in [0.3, 0.4) is 0 Å². The summed E-state index contributed by atoms with van der Waals surface area (Å²) in [7, 11) is 0. The molecular weight excluding hydrogens is 338 g/mol. The van der Waals surface area contributed by atoms with Crippen molar-refractivity contribution in [2.45, 2.75) is 20.3 Å². The van der Waals surface area contributed by atoms with Gasteiger partial charge in [-0.15, -0.1) is 0 Å². The number of nitrogens with zero attached hydrogens (tertiary/aromatic N) is 1. The van der Waals surface area contributed by atoms with E-state index in [0.717, 1.165) is 17.1 Å². The highest BCUT2D eigenvalue weighted by atomic mass is 16.5. The van der Waals surface area contributed by atoms with Crippen molar-refractivity contribution in [2.24, 2.45) is 0 Å². The lowest BCUT2D eigenvalue weighted by Gasteiger charge is -2.10. The highest BCUT2D eigenvalue weighted by Crippen LogP contribution is 2.20. The largest absolute Gasteiger partial charge is 0.493 e. The summed E-state index contributed by atoms with van der Waals surface area (Å²) in [6.07, 6.45) is 1.96. The fourth-order valence-electron chi connectivity index (χ4n) is 2.51. The Labute approximate surface area is 159 Å². The molecular formula is C22H23N3O2. The van der Waals surface area contributed by atoms with Crippen molar-refractivity contribution in [3.05, 3.63) is 78.0 Å². The number of nitrogens with one attached hydrogen (secondary N) is 2. The molecule has 0 atom stereocenters. The number of pyridine rings is 1. The van der Waals surface area contributed by atoms with Crippen molar-refractivity contribution >= 4 is 23.1 Å². The molecule has 0 saturated heterocycles. The summed E-state index contributed by atoms with van der Waals surface area (Å²) in [4.78, 5) is 16.3. The van der Waals surface area contributed by atoms with Gasteiger partial charge in [-0.05, 0) is 61.4 Å². The van der Waals surface area contributed by atoms with E-state index >= 15 is 0 Å². The number of aromatic nitrogens is 1. The highest BCUT2D eigenvalue weighted by molar-refractivity contribution is 5.89. The lowest BCUT2D eigenvalue weighted by molar-refractivity contribution is -0.116. The maximum absolute atomic E-state index is 12.0. The van der Waals surface area contributed by atoms with Crippen molar-refractivity contribution in [3.8, 4) is 5.75 Å². The van der Waals surface area contributed by atoms with Gasteiger partial charge in [0.1, 0.15) is 11.6 Å².